The second-order valence-corrected chi connectivity index (χ2v) is 17.7. The van der Waals surface area contributed by atoms with E-state index in [1.807, 2.05) is 41.5 Å². The van der Waals surface area contributed by atoms with Gasteiger partial charge in [0.1, 0.15) is 36.0 Å². The molecular formula is C41H61N5O8S. The molecule has 0 aliphatic carbocycles. The Balaban J connectivity index is 1.62. The van der Waals surface area contributed by atoms with Crippen LogP contribution in [-0.2, 0) is 35.1 Å². The van der Waals surface area contributed by atoms with Crippen LogP contribution in [0.3, 0.4) is 0 Å². The number of methoxy groups -OCH3 is 1. The Labute approximate surface area is 330 Å². The third kappa shape index (κ3) is 12.0. The van der Waals surface area contributed by atoms with Gasteiger partial charge in [-0.05, 0) is 74.0 Å². The molecule has 0 spiro atoms. The summed E-state index contributed by atoms with van der Waals surface area (Å²) in [4.78, 5) is 74.8. The minimum absolute atomic E-state index is 0.0456. The van der Waals surface area contributed by atoms with Crippen LogP contribution in [0.4, 0.5) is 0 Å². The lowest BCUT2D eigenvalue weighted by Crippen LogP contribution is -2.58. The number of hydrogen-bond acceptors (Lipinski definition) is 10. The molecule has 0 saturated carbocycles. The van der Waals surface area contributed by atoms with E-state index in [9.17, 15) is 29.1 Å². The van der Waals surface area contributed by atoms with Crippen molar-refractivity contribution in [1.82, 2.24) is 20.9 Å². The first-order valence-electron chi connectivity index (χ1n) is 19.5. The van der Waals surface area contributed by atoms with E-state index in [1.165, 1.54) is 23.6 Å². The summed E-state index contributed by atoms with van der Waals surface area (Å²) in [5, 5.41) is 20.3. The molecule has 14 heteroatoms. The maximum Gasteiger partial charge on any atom is 0.329 e. The molecular weight excluding hydrogens is 723 g/mol. The van der Waals surface area contributed by atoms with Crippen molar-refractivity contribution in [1.29, 1.82) is 0 Å². The van der Waals surface area contributed by atoms with Crippen LogP contribution in [-0.4, -0.2) is 106 Å². The minimum Gasteiger partial charge on any atom is -0.497 e. The van der Waals surface area contributed by atoms with E-state index in [4.69, 9.17) is 14.5 Å². The van der Waals surface area contributed by atoms with Crippen LogP contribution < -0.4 is 20.7 Å². The van der Waals surface area contributed by atoms with Crippen molar-refractivity contribution in [3.63, 3.8) is 0 Å². The number of amides is 4. The quantitative estimate of drug-likeness (QED) is 0.330. The van der Waals surface area contributed by atoms with Gasteiger partial charge in [-0.15, -0.1) is 11.8 Å². The average Bonchev–Trinajstić information content (AvgIpc) is 3.82. The highest BCUT2D eigenvalue weighted by Gasteiger charge is 2.42. The number of aliphatic hydroxyl groups is 1. The number of carbonyl (C=O) groups is 5. The Kier molecular flexibility index (Phi) is 15.4. The van der Waals surface area contributed by atoms with E-state index >= 15 is 0 Å². The number of cyclic esters (lactones) is 1. The fourth-order valence-electron chi connectivity index (χ4n) is 7.06. The molecule has 1 saturated heterocycles. The first kappa shape index (κ1) is 43.8. The monoisotopic (exact) mass is 783 g/mol. The molecule has 1 aromatic rings. The van der Waals surface area contributed by atoms with Crippen molar-refractivity contribution >= 4 is 46.4 Å². The summed E-state index contributed by atoms with van der Waals surface area (Å²) in [5.41, 5.74) is 0.872. The van der Waals surface area contributed by atoms with Gasteiger partial charge in [0, 0.05) is 30.7 Å². The largest absolute Gasteiger partial charge is 0.497 e. The van der Waals surface area contributed by atoms with E-state index in [0.29, 0.717) is 60.8 Å². The molecule has 2 bridgehead atoms. The lowest BCUT2D eigenvalue weighted by Gasteiger charge is -2.35. The summed E-state index contributed by atoms with van der Waals surface area (Å²) >= 11 is 1.49. The first-order chi connectivity index (χ1) is 25.9. The molecule has 4 rings (SSSR count). The normalized spacial score (nSPS) is 30.0. The van der Waals surface area contributed by atoms with Gasteiger partial charge in [-0.25, -0.2) is 4.79 Å². The third-order valence-corrected chi connectivity index (χ3v) is 11.8. The minimum atomic E-state index is -1.05. The highest BCUT2D eigenvalue weighted by Crippen LogP contribution is 2.33. The Bertz CT molecular complexity index is 1590. The summed E-state index contributed by atoms with van der Waals surface area (Å²) in [7, 11) is 1.56. The van der Waals surface area contributed by atoms with Gasteiger partial charge in [0.2, 0.25) is 23.6 Å². The molecule has 0 radical (unpaired) electrons. The van der Waals surface area contributed by atoms with E-state index in [0.717, 1.165) is 5.56 Å². The number of rotatable bonds is 4. The predicted octanol–water partition coefficient (Wildman–Crippen LogP) is 3.96. The van der Waals surface area contributed by atoms with E-state index < -0.39 is 65.5 Å². The summed E-state index contributed by atoms with van der Waals surface area (Å²) in [6.45, 7) is 17.6. The van der Waals surface area contributed by atoms with Crippen molar-refractivity contribution in [2.24, 2.45) is 22.2 Å². The standard InChI is InChI=1S/C41H61N5O8S/c1-23(2)35-39(51)46-18-10-11-31(46)40(52)54-33(41(6,7)8)20-24(3)19-32(47)25(4)38-43-28(22-55-38)14-17-34(48)44-30(37(50)42-26(5)36(49)45-35)21-27-12-15-29(53-9)16-13-27/h12-13,15-16,23-24,26,28,30-33,35,47H,4,10-11,14,17-22H2,1-3,5-9H3,(H,42,50)(H,44,48)(H,45,49)/t24-,26-,28+,30-,31-,32-,33-,35-/m0/s1. The maximum absolute atomic E-state index is 14.1. The van der Waals surface area contributed by atoms with E-state index in [-0.39, 0.29) is 36.6 Å². The van der Waals surface area contributed by atoms with Gasteiger partial charge in [0.15, 0.2) is 0 Å². The van der Waals surface area contributed by atoms with Crippen molar-refractivity contribution in [2.75, 3.05) is 19.4 Å². The number of thioether (sulfide) groups is 1. The molecule has 13 nitrogen and oxygen atoms in total. The van der Waals surface area contributed by atoms with Crippen LogP contribution in [0.15, 0.2) is 41.4 Å². The van der Waals surface area contributed by atoms with Gasteiger partial charge in [-0.1, -0.05) is 60.3 Å². The highest BCUT2D eigenvalue weighted by molar-refractivity contribution is 8.14. The highest BCUT2D eigenvalue weighted by atomic mass is 32.2. The van der Waals surface area contributed by atoms with E-state index in [2.05, 4.69) is 22.5 Å². The molecule has 3 aliphatic rings. The smallest absolute Gasteiger partial charge is 0.329 e. The first-order valence-corrected chi connectivity index (χ1v) is 20.5. The Morgan fingerprint density at radius 1 is 1.02 bits per heavy atom. The Hall–Kier alpha value is -3.91. The van der Waals surface area contributed by atoms with Crippen LogP contribution in [0.25, 0.3) is 0 Å². The molecule has 8 atom stereocenters. The summed E-state index contributed by atoms with van der Waals surface area (Å²) in [6.07, 6.45) is 1.26. The molecule has 4 amide bonds. The van der Waals surface area contributed by atoms with Crippen LogP contribution in [0.1, 0.15) is 92.6 Å². The number of hydrogen-bond donors (Lipinski definition) is 4. The second-order valence-electron chi connectivity index (χ2n) is 16.7. The van der Waals surface area contributed by atoms with E-state index in [1.54, 1.807) is 31.4 Å². The Morgan fingerprint density at radius 2 is 1.71 bits per heavy atom. The number of benzene rings is 1. The SMILES string of the molecule is C=C1C2=N[C@H](CCC(=O)N[C@@H](Cc3ccc(OC)cc3)C(=O)N[C@@H](C)C(=O)N[C@@H](C(C)C)C(=O)N3CCC[C@H]3C(=O)O[C@H](C(C)(C)C)C[C@@H](C)C[C@@H]1O)CS2. The molecule has 55 heavy (non-hydrogen) atoms. The summed E-state index contributed by atoms with van der Waals surface area (Å²) < 4.78 is 11.5. The average molecular weight is 784 g/mol. The zero-order valence-electron chi connectivity index (χ0n) is 33.7. The lowest BCUT2D eigenvalue weighted by atomic mass is 9.82. The van der Waals surface area contributed by atoms with Gasteiger partial charge in [0.25, 0.3) is 0 Å². The number of ether oxygens (including phenoxy) is 2. The van der Waals surface area contributed by atoms with Crippen molar-refractivity contribution in [2.45, 2.75) is 136 Å². The van der Waals surface area contributed by atoms with Crippen molar-refractivity contribution in [3.05, 3.63) is 42.0 Å². The number of fused-ring (bicyclic) bond motifs is 2. The van der Waals surface area contributed by atoms with Gasteiger partial charge in [0.05, 0.1) is 24.3 Å². The molecule has 304 valence electrons. The number of aliphatic imine (C=N–C) groups is 1. The zero-order chi connectivity index (χ0) is 40.6. The number of nitrogens with zero attached hydrogens (tertiary/aromatic N) is 2. The van der Waals surface area contributed by atoms with Crippen LogP contribution in [0.5, 0.6) is 5.75 Å². The fourth-order valence-corrected chi connectivity index (χ4v) is 8.20. The molecule has 4 N–H and O–H groups in total. The van der Waals surface area contributed by atoms with Gasteiger partial charge >= 0.3 is 5.97 Å². The molecule has 3 aliphatic heterocycles. The maximum atomic E-state index is 14.1. The molecule has 3 heterocycles. The molecule has 1 fully saturated rings. The molecule has 1 aromatic carbocycles. The number of esters is 1. The molecule has 0 aromatic heterocycles. The summed E-state index contributed by atoms with van der Waals surface area (Å²) in [6, 6.07) is 3.15. The van der Waals surface area contributed by atoms with Crippen LogP contribution in [0.2, 0.25) is 0 Å². The van der Waals surface area contributed by atoms with Crippen molar-refractivity contribution < 1.29 is 38.6 Å². The fraction of sp³-hybridized carbons (Fsp3) is 0.659. The zero-order valence-corrected chi connectivity index (χ0v) is 34.5. The summed E-state index contributed by atoms with van der Waals surface area (Å²) in [5.74, 6) is -1.45. The van der Waals surface area contributed by atoms with Gasteiger partial charge in [-0.2, -0.15) is 0 Å². The number of nitrogens with one attached hydrogen (secondary N) is 3. The lowest BCUT2D eigenvalue weighted by molar-refractivity contribution is -0.164. The Morgan fingerprint density at radius 3 is 2.35 bits per heavy atom. The number of aliphatic hydroxyl groups excluding tert-OH is 1. The molecule has 0 unspecified atom stereocenters. The van der Waals surface area contributed by atoms with Crippen LogP contribution >= 0.6 is 11.8 Å². The third-order valence-electron chi connectivity index (χ3n) is 10.6. The number of carbonyl (C=O) groups excluding carboxylic acids is 5. The predicted molar refractivity (Wildman–Crippen MR) is 214 cm³/mol. The van der Waals surface area contributed by atoms with Gasteiger partial charge < -0.3 is 35.4 Å². The second kappa shape index (κ2) is 19.3. The van der Waals surface area contributed by atoms with Gasteiger partial charge in [-0.3, -0.25) is 24.2 Å². The van der Waals surface area contributed by atoms with Crippen molar-refractivity contribution in [3.8, 4) is 5.75 Å². The topological polar surface area (TPSA) is 176 Å². The van der Waals surface area contributed by atoms with Crippen LogP contribution in [0, 0.1) is 17.3 Å².